The fourth-order valence-corrected chi connectivity index (χ4v) is 2.27. The number of carbonyl (C=O) groups excluding carboxylic acids is 1. The summed E-state index contributed by atoms with van der Waals surface area (Å²) in [6, 6.07) is 4.20. The van der Waals surface area contributed by atoms with Crippen molar-refractivity contribution in [1.29, 1.82) is 0 Å². The Hall–Kier alpha value is -1.11. The van der Waals surface area contributed by atoms with E-state index in [2.05, 4.69) is 5.32 Å². The van der Waals surface area contributed by atoms with Crippen molar-refractivity contribution in [3.05, 3.63) is 29.3 Å². The number of nitrogens with one attached hydrogen (secondary N) is 1. The number of halogens is 1. The molecule has 0 saturated carbocycles. The lowest BCUT2D eigenvalue weighted by Gasteiger charge is -2.07. The summed E-state index contributed by atoms with van der Waals surface area (Å²) >= 11 is 0. The molecule has 0 saturated heterocycles. The topological polar surface area (TPSA) is 72.5 Å². The third-order valence-electron chi connectivity index (χ3n) is 2.16. The van der Waals surface area contributed by atoms with Gasteiger partial charge in [-0.1, -0.05) is 0 Å². The summed E-state index contributed by atoms with van der Waals surface area (Å²) in [4.78, 5) is 11.6. The number of carbonyl (C=O) groups is 1. The third-order valence-corrected chi connectivity index (χ3v) is 3.49. The van der Waals surface area contributed by atoms with Gasteiger partial charge in [0.15, 0.2) is 0 Å². The smallest absolute Gasteiger partial charge is 0.261 e. The van der Waals surface area contributed by atoms with Crippen LogP contribution < -0.4 is 5.32 Å². The van der Waals surface area contributed by atoms with Crippen LogP contribution in [0.1, 0.15) is 22.8 Å². The molecule has 1 aromatic rings. The van der Waals surface area contributed by atoms with E-state index in [1.54, 1.807) is 13.0 Å². The van der Waals surface area contributed by atoms with Gasteiger partial charge in [-0.25, -0.2) is 8.42 Å². The molecule has 0 atom stereocenters. The van der Waals surface area contributed by atoms with Crippen LogP contribution in [-0.2, 0) is 20.4 Å². The highest BCUT2D eigenvalue weighted by Crippen LogP contribution is 2.19. The van der Waals surface area contributed by atoms with Crippen molar-refractivity contribution in [2.45, 2.75) is 18.4 Å². The minimum atomic E-state index is -3.88. The lowest BCUT2D eigenvalue weighted by molar-refractivity contribution is 0.0955. The van der Waals surface area contributed by atoms with E-state index in [0.717, 1.165) is 0 Å². The van der Waals surface area contributed by atoms with Crippen molar-refractivity contribution in [2.75, 3.05) is 13.7 Å². The number of methoxy groups -OCH3 is 1. The van der Waals surface area contributed by atoms with Crippen LogP contribution in [0.3, 0.4) is 0 Å². The zero-order valence-electron chi connectivity index (χ0n) is 10.1. The van der Waals surface area contributed by atoms with Crippen LogP contribution in [-0.4, -0.2) is 28.0 Å². The van der Waals surface area contributed by atoms with Crippen molar-refractivity contribution in [1.82, 2.24) is 5.32 Å². The average molecular weight is 292 g/mol. The Morgan fingerprint density at radius 2 is 2.06 bits per heavy atom. The van der Waals surface area contributed by atoms with Gasteiger partial charge in [0.25, 0.3) is 15.0 Å². The summed E-state index contributed by atoms with van der Waals surface area (Å²) in [5, 5.41) is 2.59. The third kappa shape index (κ3) is 3.97. The summed E-state index contributed by atoms with van der Waals surface area (Å²) in [6.07, 6.45) is 0. The molecule has 100 valence electrons. The predicted molar refractivity (Wildman–Crippen MR) is 68.2 cm³/mol. The van der Waals surface area contributed by atoms with Crippen molar-refractivity contribution < 1.29 is 17.9 Å². The summed E-state index contributed by atoms with van der Waals surface area (Å²) in [5.41, 5.74) is 0.811. The molecule has 1 aromatic carbocycles. The quantitative estimate of drug-likeness (QED) is 0.835. The monoisotopic (exact) mass is 291 g/mol. The first-order valence-corrected chi connectivity index (χ1v) is 7.55. The molecule has 0 bridgehead atoms. The van der Waals surface area contributed by atoms with Crippen molar-refractivity contribution in [3.8, 4) is 0 Å². The molecule has 0 aliphatic rings. The number of hydrogen-bond donors (Lipinski definition) is 1. The van der Waals surface area contributed by atoms with Crippen LogP contribution >= 0.6 is 10.7 Å². The molecule has 0 heterocycles. The fraction of sp³-hybridized carbons (Fsp3) is 0.364. The molecule has 1 rings (SSSR count). The van der Waals surface area contributed by atoms with Gasteiger partial charge in [0.2, 0.25) is 0 Å². The highest BCUT2D eigenvalue weighted by Gasteiger charge is 2.15. The summed E-state index contributed by atoms with van der Waals surface area (Å²) in [6.45, 7) is 2.43. The summed E-state index contributed by atoms with van der Waals surface area (Å²) in [5.74, 6) is -0.350. The molecular formula is C11H14ClNO4S. The Balaban J connectivity index is 3.26. The van der Waals surface area contributed by atoms with Crippen LogP contribution in [0.5, 0.6) is 0 Å². The van der Waals surface area contributed by atoms with Crippen molar-refractivity contribution in [2.24, 2.45) is 0 Å². The molecule has 18 heavy (non-hydrogen) atoms. The zero-order chi connectivity index (χ0) is 13.8. The van der Waals surface area contributed by atoms with Crippen LogP contribution in [0.25, 0.3) is 0 Å². The van der Waals surface area contributed by atoms with Gasteiger partial charge in [-0.2, -0.15) is 0 Å². The SMILES string of the molecule is CCNC(=O)c1cc(COC)cc(S(=O)(=O)Cl)c1. The lowest BCUT2D eigenvalue weighted by Crippen LogP contribution is -2.23. The summed E-state index contributed by atoms with van der Waals surface area (Å²) in [7, 11) is 2.89. The van der Waals surface area contributed by atoms with Gasteiger partial charge in [-0.05, 0) is 30.7 Å². The van der Waals surface area contributed by atoms with E-state index in [4.69, 9.17) is 15.4 Å². The molecule has 0 aliphatic carbocycles. The number of ether oxygens (including phenoxy) is 1. The van der Waals surface area contributed by atoms with E-state index in [0.29, 0.717) is 12.1 Å². The van der Waals surface area contributed by atoms with E-state index in [1.807, 2.05) is 0 Å². The van der Waals surface area contributed by atoms with Crippen molar-refractivity contribution >= 4 is 25.6 Å². The van der Waals surface area contributed by atoms with E-state index >= 15 is 0 Å². The Morgan fingerprint density at radius 1 is 1.39 bits per heavy atom. The highest BCUT2D eigenvalue weighted by atomic mass is 35.7. The van der Waals surface area contributed by atoms with Crippen molar-refractivity contribution in [3.63, 3.8) is 0 Å². The molecular weight excluding hydrogens is 278 g/mol. The standard InChI is InChI=1S/C11H14ClNO4S/c1-3-13-11(14)9-4-8(7-17-2)5-10(6-9)18(12,15)16/h4-6H,3,7H2,1-2H3,(H,13,14). The van der Waals surface area contributed by atoms with Gasteiger partial charge in [-0.3, -0.25) is 4.79 Å². The number of rotatable bonds is 5. The maximum absolute atomic E-state index is 11.7. The van der Waals surface area contributed by atoms with Gasteiger partial charge in [0, 0.05) is 29.9 Å². The molecule has 0 radical (unpaired) electrons. The number of benzene rings is 1. The fourth-order valence-electron chi connectivity index (χ4n) is 1.45. The Labute approximate surface area is 111 Å². The van der Waals surface area contributed by atoms with Crippen LogP contribution in [0.15, 0.2) is 23.1 Å². The van der Waals surface area contributed by atoms with Gasteiger partial charge in [0.1, 0.15) is 0 Å². The lowest BCUT2D eigenvalue weighted by atomic mass is 10.1. The average Bonchev–Trinajstić information content (AvgIpc) is 2.28. The minimum absolute atomic E-state index is 0.111. The molecule has 0 spiro atoms. The molecule has 1 N–H and O–H groups in total. The largest absolute Gasteiger partial charge is 0.380 e. The Morgan fingerprint density at radius 3 is 2.56 bits per heavy atom. The highest BCUT2D eigenvalue weighted by molar-refractivity contribution is 8.13. The van der Waals surface area contributed by atoms with Gasteiger partial charge < -0.3 is 10.1 Å². The first kappa shape index (κ1) is 14.9. The minimum Gasteiger partial charge on any atom is -0.380 e. The Bertz CT molecular complexity index is 542. The maximum atomic E-state index is 11.7. The second-order valence-electron chi connectivity index (χ2n) is 3.60. The van der Waals surface area contributed by atoms with Gasteiger partial charge in [0.05, 0.1) is 11.5 Å². The first-order valence-electron chi connectivity index (χ1n) is 5.24. The number of amides is 1. The normalized spacial score (nSPS) is 11.3. The molecule has 5 nitrogen and oxygen atoms in total. The predicted octanol–water partition coefficient (Wildman–Crippen LogP) is 1.51. The zero-order valence-corrected chi connectivity index (χ0v) is 11.6. The Kier molecular flexibility index (Phi) is 5.13. The molecule has 7 heteroatoms. The number of hydrogen-bond acceptors (Lipinski definition) is 4. The first-order chi connectivity index (χ1) is 8.38. The second-order valence-corrected chi connectivity index (χ2v) is 6.16. The molecule has 0 unspecified atom stereocenters. The van der Waals surface area contributed by atoms with E-state index in [-0.39, 0.29) is 23.0 Å². The maximum Gasteiger partial charge on any atom is 0.261 e. The molecule has 0 aliphatic heterocycles. The van der Waals surface area contributed by atoms with E-state index in [9.17, 15) is 13.2 Å². The second kappa shape index (κ2) is 6.17. The molecule has 0 fully saturated rings. The van der Waals surface area contributed by atoms with Crippen LogP contribution in [0.4, 0.5) is 0 Å². The summed E-state index contributed by atoms with van der Waals surface area (Å²) < 4.78 is 27.6. The van der Waals surface area contributed by atoms with Gasteiger partial charge in [-0.15, -0.1) is 0 Å². The van der Waals surface area contributed by atoms with Gasteiger partial charge >= 0.3 is 0 Å². The van der Waals surface area contributed by atoms with Crippen LogP contribution in [0, 0.1) is 0 Å². The van der Waals surface area contributed by atoms with E-state index in [1.165, 1.54) is 19.2 Å². The molecule has 0 aromatic heterocycles. The van der Waals surface area contributed by atoms with E-state index < -0.39 is 9.05 Å². The molecule has 1 amide bonds. The van der Waals surface area contributed by atoms with Crippen LogP contribution in [0.2, 0.25) is 0 Å².